The molecule has 5 rings (SSSR count). The number of pyridine rings is 2. The SMILES string of the molecule is CC[C@@]1(O)C(=O)OCc2c1cc1n(c2=O)Cc2c-1nc1ccc(N)cc1c2N(C)C. The fraction of sp³-hybridized carbons (Fsp3) is 0.318. The lowest BCUT2D eigenvalue weighted by molar-refractivity contribution is -0.172. The number of aromatic nitrogens is 2. The third-order valence-corrected chi connectivity index (χ3v) is 6.13. The number of nitrogens with two attached hydrogens (primary N) is 1. The van der Waals surface area contributed by atoms with Crippen LogP contribution in [-0.2, 0) is 28.3 Å². The lowest BCUT2D eigenvalue weighted by Gasteiger charge is -2.31. The van der Waals surface area contributed by atoms with Crippen molar-refractivity contribution in [2.75, 3.05) is 24.7 Å². The molecule has 0 spiro atoms. The number of fused-ring (bicyclic) bond motifs is 5. The Hall–Kier alpha value is -3.39. The van der Waals surface area contributed by atoms with Crippen LogP contribution >= 0.6 is 0 Å². The van der Waals surface area contributed by atoms with E-state index >= 15 is 0 Å². The number of hydrogen-bond acceptors (Lipinski definition) is 7. The number of nitrogen functional groups attached to an aromatic ring is 1. The molecule has 8 nitrogen and oxygen atoms in total. The predicted molar refractivity (Wildman–Crippen MR) is 113 cm³/mol. The first-order chi connectivity index (χ1) is 14.3. The summed E-state index contributed by atoms with van der Waals surface area (Å²) in [7, 11) is 3.88. The third kappa shape index (κ3) is 2.28. The number of nitrogens with zero attached hydrogens (tertiary/aromatic N) is 3. The number of cyclic esters (lactones) is 1. The van der Waals surface area contributed by atoms with Gasteiger partial charge in [0.25, 0.3) is 5.56 Å². The van der Waals surface area contributed by atoms with E-state index in [-0.39, 0.29) is 18.6 Å². The molecule has 8 heteroatoms. The molecule has 3 N–H and O–H groups in total. The monoisotopic (exact) mass is 406 g/mol. The number of hydrogen-bond donors (Lipinski definition) is 2. The largest absolute Gasteiger partial charge is 0.458 e. The van der Waals surface area contributed by atoms with Crippen molar-refractivity contribution in [3.05, 3.63) is 51.3 Å². The summed E-state index contributed by atoms with van der Waals surface area (Å²) in [5, 5.41) is 11.9. The van der Waals surface area contributed by atoms with Crippen molar-refractivity contribution < 1.29 is 14.6 Å². The molecule has 2 aromatic heterocycles. The van der Waals surface area contributed by atoms with E-state index in [9.17, 15) is 14.7 Å². The Labute approximate surface area is 172 Å². The molecule has 0 bridgehead atoms. The van der Waals surface area contributed by atoms with E-state index in [1.165, 1.54) is 0 Å². The summed E-state index contributed by atoms with van der Waals surface area (Å²) in [6.07, 6.45) is 0.113. The minimum atomic E-state index is -1.83. The van der Waals surface area contributed by atoms with Gasteiger partial charge in [0, 0.05) is 36.3 Å². The molecular formula is C22H22N4O4. The first-order valence-electron chi connectivity index (χ1n) is 9.83. The van der Waals surface area contributed by atoms with E-state index in [2.05, 4.69) is 0 Å². The lowest BCUT2D eigenvalue weighted by Crippen LogP contribution is -2.44. The standard InChI is InChI=1S/C22H22N4O4/c1-4-22(29)15-8-17-18-13(9-26(17)20(27)14(15)10-30-21(22)28)19(25(2)3)12-7-11(23)5-6-16(12)24-18/h5-8,29H,4,9-10,23H2,1-3H3/t22-/m0/s1. The Morgan fingerprint density at radius 1 is 1.27 bits per heavy atom. The summed E-state index contributed by atoms with van der Waals surface area (Å²) in [4.78, 5) is 32.4. The molecule has 0 radical (unpaired) electrons. The van der Waals surface area contributed by atoms with E-state index in [1.807, 2.05) is 31.1 Å². The van der Waals surface area contributed by atoms with Gasteiger partial charge in [-0.3, -0.25) is 4.79 Å². The zero-order valence-corrected chi connectivity index (χ0v) is 17.0. The molecule has 154 valence electrons. The van der Waals surface area contributed by atoms with Crippen LogP contribution in [0.1, 0.15) is 30.0 Å². The molecule has 0 amide bonds. The normalized spacial score (nSPS) is 19.3. The molecule has 1 aromatic carbocycles. The highest BCUT2D eigenvalue weighted by atomic mass is 16.6. The summed E-state index contributed by atoms with van der Waals surface area (Å²) < 4.78 is 6.77. The molecular weight excluding hydrogens is 384 g/mol. The number of benzene rings is 1. The number of carbonyl (C=O) groups is 1. The molecule has 0 unspecified atom stereocenters. The quantitative estimate of drug-likeness (QED) is 0.385. The molecule has 2 aliphatic rings. The fourth-order valence-corrected chi connectivity index (χ4v) is 4.59. The Balaban J connectivity index is 1.85. The van der Waals surface area contributed by atoms with Crippen LogP contribution in [0.2, 0.25) is 0 Å². The second kappa shape index (κ2) is 6.06. The van der Waals surface area contributed by atoms with Gasteiger partial charge >= 0.3 is 5.97 Å². The third-order valence-electron chi connectivity index (χ3n) is 6.13. The summed E-state index contributed by atoms with van der Waals surface area (Å²) in [6.45, 7) is 1.90. The van der Waals surface area contributed by atoms with Gasteiger partial charge in [-0.1, -0.05) is 6.92 Å². The number of ether oxygens (including phenoxy) is 1. The fourth-order valence-electron chi connectivity index (χ4n) is 4.59. The summed E-state index contributed by atoms with van der Waals surface area (Å²) in [6, 6.07) is 7.26. The van der Waals surface area contributed by atoms with E-state index in [4.69, 9.17) is 15.5 Å². The van der Waals surface area contributed by atoms with Crippen molar-refractivity contribution in [2.45, 2.75) is 32.1 Å². The maximum atomic E-state index is 13.3. The van der Waals surface area contributed by atoms with Gasteiger partial charge in [-0.2, -0.15) is 0 Å². The summed E-state index contributed by atoms with van der Waals surface area (Å²) in [5.74, 6) is -0.726. The maximum Gasteiger partial charge on any atom is 0.343 e. The Morgan fingerprint density at radius 3 is 2.73 bits per heavy atom. The molecule has 3 aromatic rings. The first kappa shape index (κ1) is 18.6. The second-order valence-corrected chi connectivity index (χ2v) is 8.06. The van der Waals surface area contributed by atoms with Crippen LogP contribution in [0.15, 0.2) is 29.1 Å². The van der Waals surface area contributed by atoms with Crippen molar-refractivity contribution in [2.24, 2.45) is 0 Å². The van der Waals surface area contributed by atoms with Gasteiger partial charge in [0.05, 0.1) is 34.7 Å². The van der Waals surface area contributed by atoms with Gasteiger partial charge in [0.1, 0.15) is 6.61 Å². The molecule has 1 atom stereocenters. The molecule has 0 aliphatic carbocycles. The highest BCUT2D eigenvalue weighted by Crippen LogP contribution is 2.42. The van der Waals surface area contributed by atoms with E-state index in [0.717, 1.165) is 22.2 Å². The molecule has 0 fully saturated rings. The molecule has 2 aliphatic heterocycles. The summed E-state index contributed by atoms with van der Waals surface area (Å²) in [5.41, 5.74) is 9.06. The Morgan fingerprint density at radius 2 is 2.03 bits per heavy atom. The van der Waals surface area contributed by atoms with Crippen molar-refractivity contribution >= 4 is 28.2 Å². The number of anilines is 2. The second-order valence-electron chi connectivity index (χ2n) is 8.06. The van der Waals surface area contributed by atoms with Gasteiger partial charge in [-0.25, -0.2) is 9.78 Å². The van der Waals surface area contributed by atoms with Crippen molar-refractivity contribution in [3.63, 3.8) is 0 Å². The summed E-state index contributed by atoms with van der Waals surface area (Å²) >= 11 is 0. The molecule has 0 saturated heterocycles. The first-order valence-corrected chi connectivity index (χ1v) is 9.83. The maximum absolute atomic E-state index is 13.3. The highest BCUT2D eigenvalue weighted by molar-refractivity contribution is 5.99. The van der Waals surface area contributed by atoms with E-state index in [0.29, 0.717) is 34.7 Å². The topological polar surface area (TPSA) is 111 Å². The van der Waals surface area contributed by atoms with Crippen LogP contribution in [0.3, 0.4) is 0 Å². The zero-order valence-electron chi connectivity index (χ0n) is 17.0. The Bertz CT molecular complexity index is 1310. The number of aliphatic hydroxyl groups is 1. The van der Waals surface area contributed by atoms with Gasteiger partial charge in [0.15, 0.2) is 5.60 Å². The zero-order chi connectivity index (χ0) is 21.4. The molecule has 4 heterocycles. The van der Waals surface area contributed by atoms with Crippen LogP contribution in [0.25, 0.3) is 22.3 Å². The van der Waals surface area contributed by atoms with Crippen LogP contribution in [0.5, 0.6) is 0 Å². The van der Waals surface area contributed by atoms with Crippen LogP contribution < -0.4 is 16.2 Å². The van der Waals surface area contributed by atoms with Gasteiger partial charge in [-0.15, -0.1) is 0 Å². The number of esters is 1. The smallest absolute Gasteiger partial charge is 0.343 e. The number of carbonyl (C=O) groups excluding carboxylic acids is 1. The predicted octanol–water partition coefficient (Wildman–Crippen LogP) is 1.73. The number of rotatable bonds is 2. The molecule has 30 heavy (non-hydrogen) atoms. The van der Waals surface area contributed by atoms with Crippen LogP contribution in [-0.4, -0.2) is 34.7 Å². The molecule has 0 saturated carbocycles. The van der Waals surface area contributed by atoms with Crippen molar-refractivity contribution in [1.82, 2.24) is 9.55 Å². The average Bonchev–Trinajstić information content (AvgIpc) is 3.07. The minimum Gasteiger partial charge on any atom is -0.458 e. The van der Waals surface area contributed by atoms with Gasteiger partial charge in [0.2, 0.25) is 0 Å². The van der Waals surface area contributed by atoms with E-state index < -0.39 is 11.6 Å². The van der Waals surface area contributed by atoms with Crippen molar-refractivity contribution in [1.29, 1.82) is 0 Å². The average molecular weight is 406 g/mol. The van der Waals surface area contributed by atoms with Crippen LogP contribution in [0, 0.1) is 0 Å². The minimum absolute atomic E-state index is 0.113. The highest BCUT2D eigenvalue weighted by Gasteiger charge is 2.45. The van der Waals surface area contributed by atoms with Gasteiger partial charge in [-0.05, 0) is 30.7 Å². The van der Waals surface area contributed by atoms with Gasteiger partial charge < -0.3 is 25.0 Å². The Kier molecular flexibility index (Phi) is 3.76. The van der Waals surface area contributed by atoms with Crippen LogP contribution in [0.4, 0.5) is 11.4 Å². The lowest BCUT2D eigenvalue weighted by atomic mass is 9.86. The van der Waals surface area contributed by atoms with Crippen molar-refractivity contribution in [3.8, 4) is 11.4 Å². The van der Waals surface area contributed by atoms with E-state index in [1.54, 1.807) is 23.6 Å².